The first kappa shape index (κ1) is 16.9. The molecule has 1 aromatic rings. The predicted molar refractivity (Wildman–Crippen MR) is 86.6 cm³/mol. The van der Waals surface area contributed by atoms with Crippen molar-refractivity contribution in [3.05, 3.63) is 40.4 Å². The molecule has 2 rings (SSSR count). The lowest BCUT2D eigenvalue weighted by atomic mass is 10.1. The van der Waals surface area contributed by atoms with Crippen LogP contribution < -0.4 is 15.4 Å². The molecule has 1 aromatic carbocycles. The third-order valence-electron chi connectivity index (χ3n) is 3.28. The first-order chi connectivity index (χ1) is 10.6. The number of hydrogen-bond acceptors (Lipinski definition) is 3. The Morgan fingerprint density at radius 2 is 2.18 bits per heavy atom. The number of benzene rings is 1. The van der Waals surface area contributed by atoms with Crippen molar-refractivity contribution in [2.75, 3.05) is 19.8 Å². The van der Waals surface area contributed by atoms with Gasteiger partial charge in [-0.3, -0.25) is 0 Å². The summed E-state index contributed by atoms with van der Waals surface area (Å²) in [6.45, 7) is 0.728. The SMILES string of the molecule is O=C(NCCOc1cccc(Cl)c1Cl)N[C@@H]1C=C[C@H](CO)C1. The van der Waals surface area contributed by atoms with Gasteiger partial charge in [0.2, 0.25) is 0 Å². The number of carbonyl (C=O) groups excluding carboxylic acids is 1. The summed E-state index contributed by atoms with van der Waals surface area (Å²) < 4.78 is 5.47. The van der Waals surface area contributed by atoms with Gasteiger partial charge in [0.25, 0.3) is 0 Å². The number of urea groups is 1. The van der Waals surface area contributed by atoms with Gasteiger partial charge in [0.1, 0.15) is 17.4 Å². The van der Waals surface area contributed by atoms with Crippen LogP contribution in [-0.2, 0) is 0 Å². The molecule has 0 saturated heterocycles. The molecule has 0 bridgehead atoms. The Kier molecular flexibility index (Phi) is 6.36. The Morgan fingerprint density at radius 3 is 2.91 bits per heavy atom. The van der Waals surface area contributed by atoms with Crippen molar-refractivity contribution < 1.29 is 14.6 Å². The first-order valence-electron chi connectivity index (χ1n) is 7.00. The van der Waals surface area contributed by atoms with E-state index in [1.54, 1.807) is 18.2 Å². The van der Waals surface area contributed by atoms with Gasteiger partial charge in [-0.15, -0.1) is 0 Å². The van der Waals surface area contributed by atoms with Crippen LogP contribution in [0.3, 0.4) is 0 Å². The lowest BCUT2D eigenvalue weighted by molar-refractivity contribution is 0.228. The zero-order valence-electron chi connectivity index (χ0n) is 11.9. The quantitative estimate of drug-likeness (QED) is 0.548. The van der Waals surface area contributed by atoms with Gasteiger partial charge in [0, 0.05) is 18.6 Å². The van der Waals surface area contributed by atoms with Gasteiger partial charge in [-0.05, 0) is 18.6 Å². The van der Waals surface area contributed by atoms with Gasteiger partial charge < -0.3 is 20.5 Å². The molecule has 0 aromatic heterocycles. The molecule has 3 N–H and O–H groups in total. The molecule has 0 unspecified atom stereocenters. The number of amides is 2. The zero-order chi connectivity index (χ0) is 15.9. The maximum Gasteiger partial charge on any atom is 0.315 e. The fourth-order valence-corrected chi connectivity index (χ4v) is 2.50. The molecule has 120 valence electrons. The summed E-state index contributed by atoms with van der Waals surface area (Å²) in [5, 5.41) is 15.3. The van der Waals surface area contributed by atoms with E-state index in [0.717, 1.165) is 6.42 Å². The third kappa shape index (κ3) is 4.80. The summed E-state index contributed by atoms with van der Waals surface area (Å²) in [5.41, 5.74) is 0. The molecule has 0 radical (unpaired) electrons. The van der Waals surface area contributed by atoms with E-state index in [-0.39, 0.29) is 31.2 Å². The first-order valence-corrected chi connectivity index (χ1v) is 7.76. The predicted octanol–water partition coefficient (Wildman–Crippen LogP) is 2.61. The van der Waals surface area contributed by atoms with Crippen molar-refractivity contribution in [2.24, 2.45) is 5.92 Å². The summed E-state index contributed by atoms with van der Waals surface area (Å²) in [6, 6.07) is 4.83. The van der Waals surface area contributed by atoms with Crippen molar-refractivity contribution in [1.29, 1.82) is 0 Å². The molecule has 0 spiro atoms. The number of ether oxygens (including phenoxy) is 1. The highest BCUT2D eigenvalue weighted by Crippen LogP contribution is 2.31. The molecular weight excluding hydrogens is 327 g/mol. The van der Waals surface area contributed by atoms with E-state index >= 15 is 0 Å². The monoisotopic (exact) mass is 344 g/mol. The van der Waals surface area contributed by atoms with Gasteiger partial charge in [0.15, 0.2) is 0 Å². The molecular formula is C15H18Cl2N2O3. The van der Waals surface area contributed by atoms with Gasteiger partial charge in [-0.2, -0.15) is 0 Å². The van der Waals surface area contributed by atoms with Crippen molar-refractivity contribution >= 4 is 29.2 Å². The molecule has 0 saturated carbocycles. The summed E-state index contributed by atoms with van der Waals surface area (Å²) in [4.78, 5) is 11.7. The Hall–Kier alpha value is -1.43. The Morgan fingerprint density at radius 1 is 1.36 bits per heavy atom. The minimum atomic E-state index is -0.269. The van der Waals surface area contributed by atoms with E-state index in [9.17, 15) is 4.79 Å². The molecule has 1 aliphatic rings. The van der Waals surface area contributed by atoms with Crippen LogP contribution >= 0.6 is 23.2 Å². The molecule has 2 atom stereocenters. The largest absolute Gasteiger partial charge is 0.490 e. The molecule has 0 heterocycles. The number of aliphatic hydroxyl groups is 1. The smallest absolute Gasteiger partial charge is 0.315 e. The van der Waals surface area contributed by atoms with Crippen molar-refractivity contribution in [3.8, 4) is 5.75 Å². The average Bonchev–Trinajstić information content (AvgIpc) is 2.95. The van der Waals surface area contributed by atoms with E-state index in [1.165, 1.54) is 0 Å². The number of aliphatic hydroxyl groups excluding tert-OH is 1. The average molecular weight is 345 g/mol. The molecule has 0 fully saturated rings. The second-order valence-corrected chi connectivity index (χ2v) is 5.76. The van der Waals surface area contributed by atoms with Crippen molar-refractivity contribution in [2.45, 2.75) is 12.5 Å². The highest BCUT2D eigenvalue weighted by atomic mass is 35.5. The van der Waals surface area contributed by atoms with E-state index in [0.29, 0.717) is 22.3 Å². The molecule has 2 amide bonds. The molecule has 0 aliphatic heterocycles. The number of nitrogens with one attached hydrogen (secondary N) is 2. The normalized spacial score (nSPS) is 20.0. The van der Waals surface area contributed by atoms with E-state index in [1.807, 2.05) is 12.2 Å². The minimum absolute atomic E-state index is 0.0413. The fraction of sp³-hybridized carbons (Fsp3) is 0.400. The summed E-state index contributed by atoms with van der Waals surface area (Å²) in [5.74, 6) is 0.611. The Labute approximate surface area is 139 Å². The van der Waals surface area contributed by atoms with Crippen LogP contribution in [-0.4, -0.2) is 36.9 Å². The van der Waals surface area contributed by atoms with Crippen LogP contribution in [0.1, 0.15) is 6.42 Å². The second-order valence-electron chi connectivity index (χ2n) is 4.97. The fourth-order valence-electron chi connectivity index (χ4n) is 2.16. The van der Waals surface area contributed by atoms with Gasteiger partial charge in [0.05, 0.1) is 11.6 Å². The van der Waals surface area contributed by atoms with Gasteiger partial charge in [-0.1, -0.05) is 41.4 Å². The lowest BCUT2D eigenvalue weighted by Crippen LogP contribution is -2.42. The minimum Gasteiger partial charge on any atom is -0.490 e. The topological polar surface area (TPSA) is 70.6 Å². The van der Waals surface area contributed by atoms with E-state index < -0.39 is 0 Å². The summed E-state index contributed by atoms with van der Waals surface area (Å²) in [7, 11) is 0. The molecule has 22 heavy (non-hydrogen) atoms. The standard InChI is InChI=1S/C15H18Cl2N2O3/c16-12-2-1-3-13(14(12)17)22-7-6-18-15(21)19-11-5-4-10(8-11)9-20/h1-5,10-11,20H,6-9H2,(H2,18,19,21)/t10-,11+/m0/s1. The zero-order valence-corrected chi connectivity index (χ0v) is 13.4. The third-order valence-corrected chi connectivity index (χ3v) is 4.09. The number of hydrogen-bond donors (Lipinski definition) is 3. The summed E-state index contributed by atoms with van der Waals surface area (Å²) >= 11 is 11.9. The maximum atomic E-state index is 11.7. The maximum absolute atomic E-state index is 11.7. The van der Waals surface area contributed by atoms with Gasteiger partial charge in [-0.25, -0.2) is 4.79 Å². The Balaban J connectivity index is 1.65. The van der Waals surface area contributed by atoms with E-state index in [4.69, 9.17) is 33.0 Å². The van der Waals surface area contributed by atoms with Crippen molar-refractivity contribution in [3.63, 3.8) is 0 Å². The lowest BCUT2D eigenvalue weighted by Gasteiger charge is -2.14. The molecule has 5 nitrogen and oxygen atoms in total. The second kappa shape index (κ2) is 8.27. The van der Waals surface area contributed by atoms with Crippen LogP contribution in [0.4, 0.5) is 4.79 Å². The van der Waals surface area contributed by atoms with Crippen LogP contribution in [0.2, 0.25) is 10.0 Å². The van der Waals surface area contributed by atoms with Gasteiger partial charge >= 0.3 is 6.03 Å². The summed E-state index contributed by atoms with van der Waals surface area (Å²) in [6.07, 6.45) is 4.52. The molecule has 1 aliphatic carbocycles. The van der Waals surface area contributed by atoms with Crippen LogP contribution in [0.5, 0.6) is 5.75 Å². The van der Waals surface area contributed by atoms with Crippen LogP contribution in [0.25, 0.3) is 0 Å². The van der Waals surface area contributed by atoms with E-state index in [2.05, 4.69) is 10.6 Å². The van der Waals surface area contributed by atoms with Crippen LogP contribution in [0, 0.1) is 5.92 Å². The number of carbonyl (C=O) groups is 1. The van der Waals surface area contributed by atoms with Crippen LogP contribution in [0.15, 0.2) is 30.4 Å². The van der Waals surface area contributed by atoms with Crippen molar-refractivity contribution in [1.82, 2.24) is 10.6 Å². The molecule has 7 heteroatoms. The number of rotatable bonds is 6. The Bertz CT molecular complexity index is 552. The highest BCUT2D eigenvalue weighted by Gasteiger charge is 2.19. The highest BCUT2D eigenvalue weighted by molar-refractivity contribution is 6.42. The number of halogens is 2.